The molecule has 0 aliphatic carbocycles. The number of anilines is 1. The van der Waals surface area contributed by atoms with Crippen molar-refractivity contribution in [1.82, 2.24) is 0 Å². The Morgan fingerprint density at radius 3 is 1.75 bits per heavy atom. The smallest absolute Gasteiger partial charge is 0.232 e. The van der Waals surface area contributed by atoms with Gasteiger partial charge in [-0.2, -0.15) is 0 Å². The highest BCUT2D eigenvalue weighted by atomic mass is 32.2. The van der Waals surface area contributed by atoms with Crippen molar-refractivity contribution in [2.45, 2.75) is 41.0 Å². The summed E-state index contributed by atoms with van der Waals surface area (Å²) >= 11 is 0. The van der Waals surface area contributed by atoms with Crippen LogP contribution in [0.3, 0.4) is 0 Å². The summed E-state index contributed by atoms with van der Waals surface area (Å²) in [6, 6.07) is 17.8. The first-order valence-corrected chi connectivity index (χ1v) is 10.3. The molecule has 2 rings (SSSR count). The number of benzene rings is 2. The molecule has 4 heteroatoms. The molecule has 0 amide bonds. The summed E-state index contributed by atoms with van der Waals surface area (Å²) in [5.41, 5.74) is 3.08. The van der Waals surface area contributed by atoms with Crippen molar-refractivity contribution in [2.75, 3.05) is 17.1 Å². The van der Waals surface area contributed by atoms with Crippen molar-refractivity contribution in [3.05, 3.63) is 65.7 Å². The predicted molar refractivity (Wildman–Crippen MR) is 106 cm³/mol. The molecule has 0 aliphatic rings. The number of aryl methyl sites for hydroxylation is 2. The first-order chi connectivity index (χ1) is 11.4. The van der Waals surface area contributed by atoms with E-state index in [2.05, 4.69) is 19.1 Å². The van der Waals surface area contributed by atoms with Gasteiger partial charge in [-0.3, -0.25) is 4.31 Å². The largest absolute Gasteiger partial charge is 0.270 e. The van der Waals surface area contributed by atoms with E-state index in [0.717, 1.165) is 17.7 Å². The standard InChI is InChI=1S/C11H17NO2S.C7H8.C2H6/c1-4-9-12(15(3,13)14)11-8-6-5-7-10(11)2;1-7-5-3-2-4-6-7;1-2/h5-8H,4,9H2,1-3H3;2-6H,1H3;1-2H3. The number of hydrogen-bond donors (Lipinski definition) is 0. The van der Waals surface area contributed by atoms with Crippen molar-refractivity contribution in [3.63, 3.8) is 0 Å². The highest BCUT2D eigenvalue weighted by Crippen LogP contribution is 2.21. The molecule has 0 fully saturated rings. The minimum atomic E-state index is -3.17. The van der Waals surface area contributed by atoms with Crippen LogP contribution >= 0.6 is 0 Å². The monoisotopic (exact) mass is 349 g/mol. The van der Waals surface area contributed by atoms with Gasteiger partial charge in [-0.05, 0) is 31.9 Å². The van der Waals surface area contributed by atoms with Crippen LogP contribution in [0, 0.1) is 13.8 Å². The first-order valence-electron chi connectivity index (χ1n) is 8.41. The summed E-state index contributed by atoms with van der Waals surface area (Å²) < 4.78 is 24.7. The minimum absolute atomic E-state index is 0.531. The maximum absolute atomic E-state index is 11.6. The van der Waals surface area contributed by atoms with Gasteiger partial charge < -0.3 is 0 Å². The molecule has 0 aliphatic heterocycles. The maximum atomic E-state index is 11.6. The Labute approximate surface area is 148 Å². The summed E-state index contributed by atoms with van der Waals surface area (Å²) in [6.45, 7) is 10.5. The van der Waals surface area contributed by atoms with Crippen molar-refractivity contribution in [1.29, 1.82) is 0 Å². The van der Waals surface area contributed by atoms with Gasteiger partial charge in [0.1, 0.15) is 0 Å². The van der Waals surface area contributed by atoms with Crippen molar-refractivity contribution >= 4 is 15.7 Å². The van der Waals surface area contributed by atoms with Crippen LogP contribution in [0.5, 0.6) is 0 Å². The van der Waals surface area contributed by atoms with Gasteiger partial charge in [0.2, 0.25) is 10.0 Å². The quantitative estimate of drug-likeness (QED) is 0.761. The minimum Gasteiger partial charge on any atom is -0.270 e. The molecule has 24 heavy (non-hydrogen) atoms. The van der Waals surface area contributed by atoms with E-state index in [9.17, 15) is 8.42 Å². The normalized spacial score (nSPS) is 9.92. The van der Waals surface area contributed by atoms with Crippen molar-refractivity contribution in [2.24, 2.45) is 0 Å². The van der Waals surface area contributed by atoms with Gasteiger partial charge >= 0.3 is 0 Å². The second-order valence-corrected chi connectivity index (χ2v) is 7.18. The Morgan fingerprint density at radius 2 is 1.38 bits per heavy atom. The Kier molecular flexibility index (Phi) is 10.8. The van der Waals surface area contributed by atoms with Gasteiger partial charge in [0, 0.05) is 6.54 Å². The average Bonchev–Trinajstić information content (AvgIpc) is 2.56. The van der Waals surface area contributed by atoms with Crippen molar-refractivity contribution < 1.29 is 8.42 Å². The van der Waals surface area contributed by atoms with Crippen LogP contribution < -0.4 is 4.31 Å². The molecule has 2 aromatic rings. The van der Waals surface area contributed by atoms with E-state index in [4.69, 9.17) is 0 Å². The molecule has 0 saturated heterocycles. The topological polar surface area (TPSA) is 37.4 Å². The molecule has 0 N–H and O–H groups in total. The Bertz CT molecular complexity index is 667. The van der Waals surface area contributed by atoms with Gasteiger partial charge in [-0.25, -0.2) is 8.42 Å². The zero-order chi connectivity index (χ0) is 18.6. The Hall–Kier alpha value is -1.81. The number of nitrogens with zero attached hydrogens (tertiary/aromatic N) is 1. The lowest BCUT2D eigenvalue weighted by Crippen LogP contribution is -2.31. The third-order valence-electron chi connectivity index (χ3n) is 3.15. The second-order valence-electron chi connectivity index (χ2n) is 5.28. The molecule has 0 heterocycles. The molecular formula is C20H31NO2S. The van der Waals surface area contributed by atoms with Crippen LogP contribution in [0.1, 0.15) is 38.3 Å². The zero-order valence-electron chi connectivity index (χ0n) is 15.8. The van der Waals surface area contributed by atoms with Crippen molar-refractivity contribution in [3.8, 4) is 0 Å². The van der Waals surface area contributed by atoms with E-state index < -0.39 is 10.0 Å². The molecule has 0 saturated carbocycles. The highest BCUT2D eigenvalue weighted by Gasteiger charge is 2.17. The van der Waals surface area contributed by atoms with Gasteiger partial charge in [0.25, 0.3) is 0 Å². The summed E-state index contributed by atoms with van der Waals surface area (Å²) in [7, 11) is -3.17. The molecule has 0 radical (unpaired) electrons. The van der Waals surface area contributed by atoms with E-state index in [1.54, 1.807) is 0 Å². The molecule has 0 spiro atoms. The fourth-order valence-electron chi connectivity index (χ4n) is 2.05. The summed E-state index contributed by atoms with van der Waals surface area (Å²) in [5, 5.41) is 0. The SMILES string of the molecule is CC.CCCN(c1ccccc1C)S(C)(=O)=O.Cc1ccccc1. The molecule has 3 nitrogen and oxygen atoms in total. The average molecular weight is 350 g/mol. The molecule has 0 aromatic heterocycles. The van der Waals surface area contributed by atoms with E-state index in [1.165, 1.54) is 16.1 Å². The van der Waals surface area contributed by atoms with Crippen LogP contribution in [0.15, 0.2) is 54.6 Å². The van der Waals surface area contributed by atoms with Crippen LogP contribution in [0.4, 0.5) is 5.69 Å². The van der Waals surface area contributed by atoms with Crippen LogP contribution in [0.2, 0.25) is 0 Å². The molecule has 2 aromatic carbocycles. The highest BCUT2D eigenvalue weighted by molar-refractivity contribution is 7.92. The Balaban J connectivity index is 0.000000488. The zero-order valence-corrected chi connectivity index (χ0v) is 16.6. The lowest BCUT2D eigenvalue weighted by Gasteiger charge is -2.23. The summed E-state index contributed by atoms with van der Waals surface area (Å²) in [6.07, 6.45) is 2.05. The number of sulfonamides is 1. The lowest BCUT2D eigenvalue weighted by atomic mass is 10.2. The summed E-state index contributed by atoms with van der Waals surface area (Å²) in [5.74, 6) is 0. The molecule has 0 atom stereocenters. The summed E-state index contributed by atoms with van der Waals surface area (Å²) in [4.78, 5) is 0. The Morgan fingerprint density at radius 1 is 0.875 bits per heavy atom. The molecule has 134 valence electrons. The van der Waals surface area contributed by atoms with E-state index in [0.29, 0.717) is 6.54 Å². The third kappa shape index (κ3) is 8.16. The molecule has 0 bridgehead atoms. The molecular weight excluding hydrogens is 318 g/mol. The fraction of sp³-hybridized carbons (Fsp3) is 0.400. The third-order valence-corrected chi connectivity index (χ3v) is 4.33. The van der Waals surface area contributed by atoms with Gasteiger partial charge in [-0.15, -0.1) is 0 Å². The first kappa shape index (κ1) is 22.2. The van der Waals surface area contributed by atoms with Crippen LogP contribution in [-0.2, 0) is 10.0 Å². The van der Waals surface area contributed by atoms with Gasteiger partial charge in [-0.1, -0.05) is 74.9 Å². The lowest BCUT2D eigenvalue weighted by molar-refractivity contribution is 0.596. The van der Waals surface area contributed by atoms with E-state index in [-0.39, 0.29) is 0 Å². The molecule has 0 unspecified atom stereocenters. The van der Waals surface area contributed by atoms with E-state index in [1.807, 2.05) is 70.2 Å². The number of rotatable bonds is 4. The number of para-hydroxylation sites is 1. The maximum Gasteiger partial charge on any atom is 0.232 e. The second kappa shape index (κ2) is 11.7. The number of hydrogen-bond acceptors (Lipinski definition) is 2. The van der Waals surface area contributed by atoms with Crippen LogP contribution in [-0.4, -0.2) is 21.2 Å². The van der Waals surface area contributed by atoms with Crippen LogP contribution in [0.25, 0.3) is 0 Å². The fourth-order valence-corrected chi connectivity index (χ4v) is 3.12. The predicted octanol–water partition coefficient (Wildman–Crippen LogP) is 5.19. The van der Waals surface area contributed by atoms with E-state index >= 15 is 0 Å². The van der Waals surface area contributed by atoms with Gasteiger partial charge in [0.15, 0.2) is 0 Å². The van der Waals surface area contributed by atoms with Gasteiger partial charge in [0.05, 0.1) is 11.9 Å².